The minimum Gasteiger partial charge on any atom is -0.507 e. The number of nitrogens with zero attached hydrogens (tertiary/aromatic N) is 7. The minimum absolute atomic E-state index is 0.000356. The molecule has 4 aromatic carbocycles. The van der Waals surface area contributed by atoms with E-state index >= 15 is 0 Å². The molecule has 5 aliphatic rings. The number of methoxy groups -OCH3 is 2. The van der Waals surface area contributed by atoms with Crippen LogP contribution in [0.2, 0.25) is 0 Å². The Kier molecular flexibility index (Phi) is 24.4. The number of rotatable bonds is 31. The highest BCUT2D eigenvalue weighted by atomic mass is 32.2. The number of furan rings is 1. The third-order valence-corrected chi connectivity index (χ3v) is 20.9. The summed E-state index contributed by atoms with van der Waals surface area (Å²) in [6.07, 6.45) is -2.60. The van der Waals surface area contributed by atoms with Gasteiger partial charge in [-0.2, -0.15) is 5.10 Å². The van der Waals surface area contributed by atoms with Gasteiger partial charge in [0, 0.05) is 111 Å². The molecule has 7 amide bonds. The molecule has 0 spiro atoms. The number of Topliss-reactive ketones (excluding diaryl/α,β-unsaturated/α-hetero) is 1. The van der Waals surface area contributed by atoms with Crippen molar-refractivity contribution in [3.05, 3.63) is 141 Å². The number of phenolic OH excluding ortho intramolecular Hbond substituents is 2. The molecule has 35 heteroatoms. The number of ether oxygens (including phenoxy) is 6. The number of quaternary nitrogens is 1. The third-order valence-electron chi connectivity index (χ3n) is 19.7. The number of hydrazone groups is 1. The highest BCUT2D eigenvalue weighted by Gasteiger charge is 2.50. The Hall–Kier alpha value is -10.8. The van der Waals surface area contributed by atoms with Crippen LogP contribution in [0.5, 0.6) is 23.0 Å². The Labute approximate surface area is 626 Å². The van der Waals surface area contributed by atoms with E-state index in [1.54, 1.807) is 66.6 Å². The lowest BCUT2D eigenvalue weighted by molar-refractivity contribution is -0.466. The number of thioether (sulfide) groups is 1. The molecule has 0 saturated carbocycles. The van der Waals surface area contributed by atoms with Gasteiger partial charge in [-0.05, 0) is 55.8 Å². The van der Waals surface area contributed by atoms with Crippen LogP contribution in [0.4, 0.5) is 0 Å². The number of likely N-dealkylation sites (tertiary alicyclic amines) is 1. The number of aromatic hydroxyl groups is 2. The Morgan fingerprint density at radius 2 is 1.59 bits per heavy atom. The smallest absolute Gasteiger partial charge is 0.295 e. The number of aromatic nitrogens is 4. The SMILES string of the molecule is COc1cccc2c1C(=O)c1c(O)c3c(c(O)c1C2=O)C[C@@](O)(/C(CO)=N\NC(=O)CCCN1C(=O)CC(SCCC(=O)NCCOCc2cn(CCOCC(=O)NCc4ccc(-c5ccc(OC)c6c(C(=O)C(=O)N7CCN(C(=O)c8ccccc8)CC7)c[nH]c56)o4)nn2)C1=O)C[C@@H]3O[C@H]1C[C@H]([NH3+])[C@H](O)[C@H](C)O1. The molecule has 6 heterocycles. The van der Waals surface area contributed by atoms with E-state index in [9.17, 15) is 73.5 Å². The van der Waals surface area contributed by atoms with Gasteiger partial charge in [0.1, 0.15) is 64.6 Å². The fraction of sp³-hybridized carbons (Fsp3) is 0.419. The molecule has 3 aromatic heterocycles. The van der Waals surface area contributed by atoms with Crippen molar-refractivity contribution < 1.29 is 112 Å². The van der Waals surface area contributed by atoms with E-state index in [1.807, 2.05) is 6.07 Å². The first-order chi connectivity index (χ1) is 52.5. The molecule has 3 saturated heterocycles. The fourth-order valence-corrected chi connectivity index (χ4v) is 15.1. The van der Waals surface area contributed by atoms with Gasteiger partial charge >= 0.3 is 0 Å². The molecular weight excluding hydrogens is 1440 g/mol. The molecule has 109 heavy (non-hydrogen) atoms. The summed E-state index contributed by atoms with van der Waals surface area (Å²) in [7, 11) is 2.77. The molecule has 7 atom stereocenters. The van der Waals surface area contributed by atoms with Gasteiger partial charge in [-0.1, -0.05) is 35.5 Å². The van der Waals surface area contributed by atoms with Crippen LogP contribution >= 0.6 is 11.8 Å². The van der Waals surface area contributed by atoms with E-state index in [0.29, 0.717) is 45.0 Å². The number of carbonyl (C=O) groups is 10. The van der Waals surface area contributed by atoms with Gasteiger partial charge in [0.15, 0.2) is 12.1 Å². The Bertz CT molecular complexity index is 4670. The van der Waals surface area contributed by atoms with Crippen molar-refractivity contribution in [3.8, 4) is 34.3 Å². The normalized spacial score (nSPS) is 20.6. The number of piperazine rings is 1. The van der Waals surface area contributed by atoms with Crippen LogP contribution in [0.1, 0.15) is 127 Å². The van der Waals surface area contributed by atoms with Crippen molar-refractivity contribution in [2.45, 2.75) is 113 Å². The molecule has 3 aliphatic heterocycles. The summed E-state index contributed by atoms with van der Waals surface area (Å²) in [5, 5.41) is 75.0. The second-order valence-electron chi connectivity index (χ2n) is 26.7. The molecule has 576 valence electrons. The number of phenols is 2. The number of imide groups is 1. The highest BCUT2D eigenvalue weighted by molar-refractivity contribution is 8.00. The van der Waals surface area contributed by atoms with Crippen LogP contribution < -0.4 is 31.3 Å². The molecular formula is C74H83N12O22S+. The van der Waals surface area contributed by atoms with Crippen LogP contribution in [0.25, 0.3) is 22.2 Å². The molecule has 0 radical (unpaired) electrons. The van der Waals surface area contributed by atoms with E-state index in [1.165, 1.54) is 48.2 Å². The number of aliphatic hydroxyl groups excluding tert-OH is 2. The van der Waals surface area contributed by atoms with Crippen molar-refractivity contribution in [3.63, 3.8) is 0 Å². The number of amides is 7. The quantitative estimate of drug-likeness (QED) is 0.00558. The van der Waals surface area contributed by atoms with Crippen molar-refractivity contribution in [1.82, 2.24) is 50.7 Å². The topological polar surface area (TPSA) is 473 Å². The molecule has 1 unspecified atom stereocenters. The Morgan fingerprint density at radius 3 is 2.34 bits per heavy atom. The number of aliphatic hydroxyl groups is 3. The van der Waals surface area contributed by atoms with Gasteiger partial charge in [0.2, 0.25) is 35.3 Å². The number of hydrogen-bond acceptors (Lipinski definition) is 26. The second-order valence-corrected chi connectivity index (χ2v) is 28.1. The summed E-state index contributed by atoms with van der Waals surface area (Å²) in [4.78, 5) is 141. The summed E-state index contributed by atoms with van der Waals surface area (Å²) in [5.74, 6) is -5.58. The maximum Gasteiger partial charge on any atom is 0.295 e. The zero-order valence-electron chi connectivity index (χ0n) is 59.8. The summed E-state index contributed by atoms with van der Waals surface area (Å²) in [5.41, 5.74) is 4.16. The second kappa shape index (κ2) is 34.2. The number of nitrogens with one attached hydrogen (secondary N) is 4. The van der Waals surface area contributed by atoms with Gasteiger partial charge in [-0.3, -0.25) is 52.8 Å². The predicted octanol–water partition coefficient (Wildman–Crippen LogP) is 1.39. The summed E-state index contributed by atoms with van der Waals surface area (Å²) in [6.45, 7) is 2.05. The standard InChI is InChI=1S/C74H82N12O22S/c1-39-65(92)47(75)29-58(106-39)108-51-32-74(101,31-45-61(51)70(97)63-62(67(45)94)66(93)44-11-7-12-49(102-2)60(44)69(63)96)53(36-87)80-81-55(89)13-8-20-86-57(91)30-52(72(86)99)109-28-18-54(88)76-19-26-104-37-41-35-85(82-79-41)25-27-105-38-56(90)77-33-42-14-16-48(107-42)43-15-17-50(103-3)59-46(34-78-64(43)59)68(95)73(100)84-23-21-83(22-24-84)71(98)40-9-5-4-6-10-40/h4-7,9-12,14-17,34-35,39,47,51-52,58,65,78,87,92,94,97,101H,8,13,18-33,36-38,75H2,1-3H3,(H,76,88)(H,77,90)(H,81,89)/p+1/b80-53-/t39-,47-,51-,52?,58-,65+,74-/m0/s1. The zero-order valence-corrected chi connectivity index (χ0v) is 60.6. The van der Waals surface area contributed by atoms with Gasteiger partial charge in [0.05, 0.1) is 123 Å². The molecule has 2 aliphatic carbocycles. The predicted molar refractivity (Wildman–Crippen MR) is 384 cm³/mol. The number of H-pyrrole nitrogens is 1. The van der Waals surface area contributed by atoms with Gasteiger partial charge < -0.3 is 89.5 Å². The first kappa shape index (κ1) is 77.8. The Morgan fingerprint density at radius 1 is 0.826 bits per heavy atom. The average molecular weight is 1520 g/mol. The van der Waals surface area contributed by atoms with Crippen molar-refractivity contribution in [1.29, 1.82) is 0 Å². The summed E-state index contributed by atoms with van der Waals surface area (Å²) in [6, 6.07) is 19.4. The lowest BCUT2D eigenvalue weighted by atomic mass is 9.71. The van der Waals surface area contributed by atoms with Crippen LogP contribution in [-0.4, -0.2) is 246 Å². The van der Waals surface area contributed by atoms with E-state index in [-0.39, 0.29) is 162 Å². The van der Waals surface area contributed by atoms with E-state index < -0.39 is 136 Å². The monoisotopic (exact) mass is 1520 g/mol. The highest BCUT2D eigenvalue weighted by Crippen LogP contribution is 2.53. The number of fused-ring (bicyclic) bond motifs is 4. The minimum atomic E-state index is -2.26. The molecule has 7 aromatic rings. The summed E-state index contributed by atoms with van der Waals surface area (Å²) < 4.78 is 42.1. The van der Waals surface area contributed by atoms with Gasteiger partial charge in [-0.25, -0.2) is 10.1 Å². The molecule has 12 rings (SSSR count). The number of hydrogen-bond donors (Lipinski definition) is 10. The van der Waals surface area contributed by atoms with Gasteiger partial charge in [-0.15, -0.1) is 16.9 Å². The molecule has 34 nitrogen and oxygen atoms in total. The van der Waals surface area contributed by atoms with E-state index in [0.717, 1.165) is 16.7 Å². The first-order valence-corrected chi connectivity index (χ1v) is 36.4. The average Bonchev–Trinajstić information content (AvgIpc) is 1.60. The van der Waals surface area contributed by atoms with E-state index in [4.69, 9.17) is 32.8 Å². The third kappa shape index (κ3) is 16.9. The number of benzene rings is 4. The van der Waals surface area contributed by atoms with Crippen LogP contribution in [0.15, 0.2) is 94.7 Å². The van der Waals surface area contributed by atoms with E-state index in [2.05, 4.69) is 42.2 Å². The fourth-order valence-electron chi connectivity index (χ4n) is 14.0. The molecule has 0 bridgehead atoms. The largest absolute Gasteiger partial charge is 0.507 e. The first-order valence-electron chi connectivity index (χ1n) is 35.4. The maximum atomic E-state index is 14.2. The lowest BCUT2D eigenvalue weighted by Crippen LogP contribution is -2.71. The van der Waals surface area contributed by atoms with Crippen molar-refractivity contribution >= 4 is 87.1 Å². The van der Waals surface area contributed by atoms with Crippen LogP contribution in [0.3, 0.4) is 0 Å². The Balaban J connectivity index is 0.529. The number of carbonyl (C=O) groups excluding carboxylic acids is 10. The van der Waals surface area contributed by atoms with Gasteiger partial charge in [0.25, 0.3) is 17.6 Å². The molecule has 3 fully saturated rings. The van der Waals surface area contributed by atoms with Crippen molar-refractivity contribution in [2.24, 2.45) is 5.10 Å². The lowest BCUT2D eigenvalue weighted by Gasteiger charge is -2.42. The molecule has 12 N–H and O–H groups in total. The number of ketones is 3. The number of aromatic amines is 1. The maximum absolute atomic E-state index is 14.2. The summed E-state index contributed by atoms with van der Waals surface area (Å²) >= 11 is 1.15. The van der Waals surface area contributed by atoms with Crippen molar-refractivity contribution in [2.75, 3.05) is 85.7 Å². The zero-order chi connectivity index (χ0) is 77.4. The van der Waals surface area contributed by atoms with Crippen LogP contribution in [0, 0.1) is 0 Å². The van der Waals surface area contributed by atoms with Crippen LogP contribution in [-0.2, 0) is 73.8 Å².